The first-order chi connectivity index (χ1) is 7.58. The van der Waals surface area contributed by atoms with E-state index in [4.69, 9.17) is 0 Å². The molecule has 1 saturated carbocycles. The number of hydrogen-bond acceptors (Lipinski definition) is 4. The zero-order valence-electron chi connectivity index (χ0n) is 10.2. The van der Waals surface area contributed by atoms with Crippen molar-refractivity contribution in [3.05, 3.63) is 11.1 Å². The minimum atomic E-state index is -0.454. The van der Waals surface area contributed by atoms with Crippen LogP contribution >= 0.6 is 11.3 Å². The summed E-state index contributed by atoms with van der Waals surface area (Å²) in [6.45, 7) is 7.30. The largest absolute Gasteiger partial charge is 0.387 e. The van der Waals surface area contributed by atoms with Crippen LogP contribution in [0.25, 0.3) is 0 Å². The van der Waals surface area contributed by atoms with Gasteiger partial charge in [0, 0.05) is 18.0 Å². The average molecular weight is 240 g/mol. The molecule has 1 aromatic rings. The number of aromatic nitrogens is 1. The number of aliphatic hydroxyl groups excluding tert-OH is 1. The lowest BCUT2D eigenvalue weighted by Crippen LogP contribution is -2.29. The standard InChI is InChI=1S/C12H20N2OS/c1-8(2)6-14(10-4-5-10)12-13-11(7-16-12)9(3)15/h7-10,15H,4-6H2,1-3H3. The smallest absolute Gasteiger partial charge is 0.185 e. The van der Waals surface area contributed by atoms with Gasteiger partial charge in [-0.3, -0.25) is 0 Å². The minimum absolute atomic E-state index is 0.454. The Hall–Kier alpha value is -0.610. The second-order valence-corrected chi connectivity index (χ2v) is 5.84. The first-order valence-corrected chi connectivity index (χ1v) is 6.86. The molecule has 16 heavy (non-hydrogen) atoms. The average Bonchev–Trinajstić information content (AvgIpc) is 2.91. The van der Waals surface area contributed by atoms with Crippen LogP contribution in [0, 0.1) is 5.92 Å². The maximum atomic E-state index is 9.48. The van der Waals surface area contributed by atoms with Gasteiger partial charge in [0.25, 0.3) is 0 Å². The summed E-state index contributed by atoms with van der Waals surface area (Å²) in [5.41, 5.74) is 0.800. The van der Waals surface area contributed by atoms with Gasteiger partial charge in [0.05, 0.1) is 11.8 Å². The number of nitrogens with zero attached hydrogens (tertiary/aromatic N) is 2. The van der Waals surface area contributed by atoms with Gasteiger partial charge in [0.1, 0.15) is 0 Å². The van der Waals surface area contributed by atoms with Crippen LogP contribution in [0.1, 0.15) is 45.4 Å². The fraction of sp³-hybridized carbons (Fsp3) is 0.750. The predicted molar refractivity (Wildman–Crippen MR) is 68.0 cm³/mol. The molecular formula is C12H20N2OS. The molecule has 2 rings (SSSR count). The van der Waals surface area contributed by atoms with Gasteiger partial charge in [0.15, 0.2) is 5.13 Å². The molecule has 1 fully saturated rings. The van der Waals surface area contributed by atoms with Gasteiger partial charge in [-0.2, -0.15) is 0 Å². The molecule has 1 heterocycles. The third-order valence-corrected chi connectivity index (χ3v) is 3.63. The Bertz CT molecular complexity index is 345. The summed E-state index contributed by atoms with van der Waals surface area (Å²) in [5.74, 6) is 0.652. The SMILES string of the molecule is CC(C)CN(c1nc(C(C)O)cs1)C1CC1. The van der Waals surface area contributed by atoms with Crippen LogP contribution in [0.5, 0.6) is 0 Å². The lowest BCUT2D eigenvalue weighted by molar-refractivity contribution is 0.195. The second kappa shape index (κ2) is 4.72. The van der Waals surface area contributed by atoms with E-state index in [1.165, 1.54) is 12.8 Å². The van der Waals surface area contributed by atoms with Gasteiger partial charge in [-0.05, 0) is 25.7 Å². The molecule has 0 spiro atoms. The molecule has 0 bridgehead atoms. The monoisotopic (exact) mass is 240 g/mol. The van der Waals surface area contributed by atoms with E-state index in [2.05, 4.69) is 23.7 Å². The highest BCUT2D eigenvalue weighted by atomic mass is 32.1. The summed E-state index contributed by atoms with van der Waals surface area (Å²) < 4.78 is 0. The van der Waals surface area contributed by atoms with Crippen molar-refractivity contribution in [1.82, 2.24) is 4.98 Å². The Morgan fingerprint density at radius 3 is 2.62 bits per heavy atom. The van der Waals surface area contributed by atoms with Gasteiger partial charge in [-0.25, -0.2) is 4.98 Å². The van der Waals surface area contributed by atoms with Crippen molar-refractivity contribution in [2.45, 2.75) is 45.8 Å². The molecular weight excluding hydrogens is 220 g/mol. The lowest BCUT2D eigenvalue weighted by Gasteiger charge is -2.23. The van der Waals surface area contributed by atoms with Crippen molar-refractivity contribution in [2.75, 3.05) is 11.4 Å². The van der Waals surface area contributed by atoms with Crippen molar-refractivity contribution in [1.29, 1.82) is 0 Å². The van der Waals surface area contributed by atoms with E-state index < -0.39 is 6.10 Å². The normalized spacial score (nSPS) is 17.8. The highest BCUT2D eigenvalue weighted by Crippen LogP contribution is 2.34. The Morgan fingerprint density at radius 1 is 1.50 bits per heavy atom. The topological polar surface area (TPSA) is 36.4 Å². The summed E-state index contributed by atoms with van der Waals surface area (Å²) >= 11 is 1.65. The number of rotatable bonds is 5. The van der Waals surface area contributed by atoms with Crippen LogP contribution in [-0.4, -0.2) is 22.7 Å². The summed E-state index contributed by atoms with van der Waals surface area (Å²) in [6.07, 6.45) is 2.12. The van der Waals surface area contributed by atoms with Crippen LogP contribution in [0.4, 0.5) is 5.13 Å². The van der Waals surface area contributed by atoms with Crippen LogP contribution in [0.3, 0.4) is 0 Å². The number of thiazole rings is 1. The van der Waals surface area contributed by atoms with Gasteiger partial charge in [0.2, 0.25) is 0 Å². The van der Waals surface area contributed by atoms with Crippen molar-refractivity contribution in [3.63, 3.8) is 0 Å². The molecule has 1 aliphatic rings. The highest BCUT2D eigenvalue weighted by Gasteiger charge is 2.31. The summed E-state index contributed by atoms with van der Waals surface area (Å²) in [7, 11) is 0. The zero-order valence-corrected chi connectivity index (χ0v) is 11.0. The second-order valence-electron chi connectivity index (χ2n) is 5.01. The van der Waals surface area contributed by atoms with E-state index in [0.29, 0.717) is 12.0 Å². The van der Waals surface area contributed by atoms with Gasteiger partial charge >= 0.3 is 0 Å². The highest BCUT2D eigenvalue weighted by molar-refractivity contribution is 7.13. The van der Waals surface area contributed by atoms with E-state index in [-0.39, 0.29) is 0 Å². The Kier molecular flexibility index (Phi) is 3.50. The quantitative estimate of drug-likeness (QED) is 0.859. The Labute approximate surface area is 101 Å². The molecule has 4 heteroatoms. The fourth-order valence-corrected chi connectivity index (χ4v) is 2.76. The van der Waals surface area contributed by atoms with Crippen LogP contribution in [-0.2, 0) is 0 Å². The first-order valence-electron chi connectivity index (χ1n) is 5.98. The van der Waals surface area contributed by atoms with E-state index in [1.54, 1.807) is 18.3 Å². The molecule has 0 aliphatic heterocycles. The summed E-state index contributed by atoms with van der Waals surface area (Å²) in [6, 6.07) is 0.690. The van der Waals surface area contributed by atoms with Gasteiger partial charge in [-0.1, -0.05) is 13.8 Å². The number of anilines is 1. The van der Waals surface area contributed by atoms with Crippen LogP contribution < -0.4 is 4.90 Å². The molecule has 1 N–H and O–H groups in total. The van der Waals surface area contributed by atoms with Gasteiger partial charge in [-0.15, -0.1) is 11.3 Å². The Balaban J connectivity index is 2.11. The molecule has 90 valence electrons. The first kappa shape index (κ1) is 11.9. The lowest BCUT2D eigenvalue weighted by atomic mass is 10.2. The van der Waals surface area contributed by atoms with E-state index in [9.17, 15) is 5.11 Å². The molecule has 1 aliphatic carbocycles. The van der Waals surface area contributed by atoms with E-state index in [1.807, 2.05) is 5.38 Å². The Morgan fingerprint density at radius 2 is 2.19 bits per heavy atom. The summed E-state index contributed by atoms with van der Waals surface area (Å²) in [5, 5.41) is 12.5. The van der Waals surface area contributed by atoms with Crippen molar-refractivity contribution < 1.29 is 5.11 Å². The van der Waals surface area contributed by atoms with Crippen molar-refractivity contribution in [2.24, 2.45) is 5.92 Å². The molecule has 1 aromatic heterocycles. The third kappa shape index (κ3) is 2.74. The number of hydrogen-bond donors (Lipinski definition) is 1. The van der Waals surface area contributed by atoms with Crippen LogP contribution in [0.2, 0.25) is 0 Å². The minimum Gasteiger partial charge on any atom is -0.387 e. The maximum absolute atomic E-state index is 9.48. The summed E-state index contributed by atoms with van der Waals surface area (Å²) in [4.78, 5) is 6.92. The van der Waals surface area contributed by atoms with Crippen molar-refractivity contribution in [3.8, 4) is 0 Å². The van der Waals surface area contributed by atoms with E-state index in [0.717, 1.165) is 17.4 Å². The van der Waals surface area contributed by atoms with Gasteiger partial charge < -0.3 is 10.0 Å². The van der Waals surface area contributed by atoms with Crippen molar-refractivity contribution >= 4 is 16.5 Å². The maximum Gasteiger partial charge on any atom is 0.185 e. The molecule has 1 unspecified atom stereocenters. The van der Waals surface area contributed by atoms with Crippen LogP contribution in [0.15, 0.2) is 5.38 Å². The molecule has 0 radical (unpaired) electrons. The zero-order chi connectivity index (χ0) is 11.7. The molecule has 0 aromatic carbocycles. The fourth-order valence-electron chi connectivity index (χ4n) is 1.76. The third-order valence-electron chi connectivity index (χ3n) is 2.73. The molecule has 3 nitrogen and oxygen atoms in total. The predicted octanol–water partition coefficient (Wildman–Crippen LogP) is 2.82. The molecule has 1 atom stereocenters. The number of aliphatic hydroxyl groups is 1. The molecule has 0 amide bonds. The molecule has 0 saturated heterocycles. The van der Waals surface area contributed by atoms with E-state index >= 15 is 0 Å².